The molecule has 0 saturated heterocycles. The molecular weight excluding hydrogens is 548 g/mol. The number of aromatic nitrogens is 1. The van der Waals surface area contributed by atoms with Crippen LogP contribution < -0.4 is 0 Å². The molecule has 1 unspecified atom stereocenters. The zero-order chi connectivity index (χ0) is 29.4. The second kappa shape index (κ2) is 13.6. The molecule has 5 aromatic carbocycles. The van der Waals surface area contributed by atoms with Crippen LogP contribution in [0.15, 0.2) is 146 Å². The molecule has 1 aromatic heterocycles. The lowest BCUT2D eigenvalue weighted by atomic mass is 9.87. The van der Waals surface area contributed by atoms with Gasteiger partial charge in [0.15, 0.2) is 0 Å². The molecule has 1 heterocycles. The first-order chi connectivity index (χ1) is 21.1. The fraction of sp³-hybridized carbons (Fsp3) is 0.154. The van der Waals surface area contributed by atoms with Crippen LogP contribution in [0.3, 0.4) is 0 Å². The highest BCUT2D eigenvalue weighted by molar-refractivity contribution is 6.30. The summed E-state index contributed by atoms with van der Waals surface area (Å²) in [6, 6.07) is 47.6. The summed E-state index contributed by atoms with van der Waals surface area (Å²) in [5, 5.41) is 1.84. The Morgan fingerprint density at radius 2 is 1.33 bits per heavy atom. The van der Waals surface area contributed by atoms with Gasteiger partial charge in [0.25, 0.3) is 0 Å². The molecule has 1 atom stereocenters. The maximum absolute atomic E-state index is 14.3. The van der Waals surface area contributed by atoms with Crippen molar-refractivity contribution >= 4 is 28.4 Å². The zero-order valence-electron chi connectivity index (χ0n) is 24.1. The molecule has 0 aliphatic carbocycles. The Kier molecular flexibility index (Phi) is 9.01. The van der Waals surface area contributed by atoms with Crippen LogP contribution in [0.5, 0.6) is 0 Å². The number of hydrogen-bond acceptors (Lipinski definition) is 1. The number of carbonyl (C=O) groups is 1. The summed E-state index contributed by atoms with van der Waals surface area (Å²) in [5.74, 6) is -0.0206. The fourth-order valence-corrected chi connectivity index (χ4v) is 6.10. The lowest BCUT2D eigenvalue weighted by molar-refractivity contribution is -0.132. The summed E-state index contributed by atoms with van der Waals surface area (Å²) in [7, 11) is 0. The molecule has 214 valence electrons. The van der Waals surface area contributed by atoms with Crippen LogP contribution in [-0.2, 0) is 24.3 Å². The van der Waals surface area contributed by atoms with Gasteiger partial charge in [0.05, 0.1) is 0 Å². The Hall–Kier alpha value is -4.60. The molecule has 0 bridgehead atoms. The van der Waals surface area contributed by atoms with Crippen molar-refractivity contribution in [2.24, 2.45) is 0 Å². The lowest BCUT2D eigenvalue weighted by Gasteiger charge is -2.26. The van der Waals surface area contributed by atoms with E-state index in [-0.39, 0.29) is 11.8 Å². The van der Waals surface area contributed by atoms with Crippen molar-refractivity contribution < 1.29 is 4.79 Å². The van der Waals surface area contributed by atoms with Gasteiger partial charge in [-0.1, -0.05) is 133 Å². The van der Waals surface area contributed by atoms with Crippen LogP contribution in [0.2, 0.25) is 5.02 Å². The summed E-state index contributed by atoms with van der Waals surface area (Å²) < 4.78 is 2.30. The minimum absolute atomic E-state index is 0.129. The van der Waals surface area contributed by atoms with E-state index in [9.17, 15) is 4.79 Å². The van der Waals surface area contributed by atoms with E-state index in [0.29, 0.717) is 24.5 Å². The van der Waals surface area contributed by atoms with E-state index < -0.39 is 0 Å². The molecule has 43 heavy (non-hydrogen) atoms. The van der Waals surface area contributed by atoms with Crippen LogP contribution in [0, 0.1) is 0 Å². The van der Waals surface area contributed by atoms with Crippen molar-refractivity contribution in [1.82, 2.24) is 9.47 Å². The van der Waals surface area contributed by atoms with E-state index in [1.165, 1.54) is 11.1 Å². The first-order valence-corrected chi connectivity index (χ1v) is 15.2. The van der Waals surface area contributed by atoms with Crippen LogP contribution in [0.4, 0.5) is 0 Å². The van der Waals surface area contributed by atoms with Crippen molar-refractivity contribution in [2.45, 2.75) is 31.8 Å². The van der Waals surface area contributed by atoms with Crippen molar-refractivity contribution in [3.05, 3.63) is 179 Å². The number of hydrogen-bond donors (Lipinski definition) is 0. The molecule has 4 heteroatoms. The van der Waals surface area contributed by atoms with Gasteiger partial charge in [-0.15, -0.1) is 0 Å². The molecule has 0 radical (unpaired) electrons. The topological polar surface area (TPSA) is 25.2 Å². The zero-order valence-corrected chi connectivity index (χ0v) is 24.9. The largest absolute Gasteiger partial charge is 0.343 e. The van der Waals surface area contributed by atoms with Gasteiger partial charge in [-0.05, 0) is 52.4 Å². The maximum atomic E-state index is 14.3. The quantitative estimate of drug-likeness (QED) is 0.149. The summed E-state index contributed by atoms with van der Waals surface area (Å²) in [5.41, 5.74) is 6.94. The SMILES string of the molecule is O=C(CC(c1cccc(Cl)c1)c1cn(Cc2ccccc2)c2ccccc12)N(CCc1ccccc1)Cc1ccccc1. The number of para-hydroxylation sites is 1. The van der Waals surface area contributed by atoms with Crippen molar-refractivity contribution in [2.75, 3.05) is 6.54 Å². The number of nitrogens with zero attached hydrogens (tertiary/aromatic N) is 2. The number of carbonyl (C=O) groups excluding carboxylic acids is 1. The maximum Gasteiger partial charge on any atom is 0.223 e. The van der Waals surface area contributed by atoms with Gasteiger partial charge in [0.2, 0.25) is 5.91 Å². The molecule has 6 rings (SSSR count). The second-order valence-electron chi connectivity index (χ2n) is 11.1. The van der Waals surface area contributed by atoms with Gasteiger partial charge in [-0.2, -0.15) is 0 Å². The van der Waals surface area contributed by atoms with Crippen LogP contribution in [0.25, 0.3) is 10.9 Å². The molecule has 0 spiro atoms. The Labute approximate surface area is 259 Å². The lowest BCUT2D eigenvalue weighted by Crippen LogP contribution is -2.33. The number of rotatable bonds is 11. The third kappa shape index (κ3) is 7.07. The van der Waals surface area contributed by atoms with Crippen molar-refractivity contribution in [3.8, 4) is 0 Å². The van der Waals surface area contributed by atoms with E-state index in [0.717, 1.165) is 40.6 Å². The Balaban J connectivity index is 1.36. The highest BCUT2D eigenvalue weighted by Gasteiger charge is 2.26. The van der Waals surface area contributed by atoms with E-state index in [1.807, 2.05) is 53.4 Å². The van der Waals surface area contributed by atoms with E-state index >= 15 is 0 Å². The molecule has 0 aliphatic heterocycles. The van der Waals surface area contributed by atoms with Gasteiger partial charge < -0.3 is 9.47 Å². The average Bonchev–Trinajstić information content (AvgIpc) is 3.41. The first-order valence-electron chi connectivity index (χ1n) is 14.9. The minimum atomic E-state index is -0.150. The number of benzene rings is 5. The summed E-state index contributed by atoms with van der Waals surface area (Å²) in [4.78, 5) is 16.3. The molecule has 3 nitrogen and oxygen atoms in total. The molecule has 0 aliphatic rings. The third-order valence-electron chi connectivity index (χ3n) is 8.10. The van der Waals surface area contributed by atoms with E-state index in [1.54, 1.807) is 0 Å². The van der Waals surface area contributed by atoms with Crippen LogP contribution >= 0.6 is 11.6 Å². The molecule has 0 fully saturated rings. The van der Waals surface area contributed by atoms with Crippen LogP contribution in [0.1, 0.15) is 40.2 Å². The molecule has 6 aromatic rings. The highest BCUT2D eigenvalue weighted by Crippen LogP contribution is 2.36. The van der Waals surface area contributed by atoms with E-state index in [2.05, 4.69) is 102 Å². The van der Waals surface area contributed by atoms with Crippen LogP contribution in [-0.4, -0.2) is 21.9 Å². The Morgan fingerprint density at radius 1 is 0.698 bits per heavy atom. The monoisotopic (exact) mass is 582 g/mol. The fourth-order valence-electron chi connectivity index (χ4n) is 5.90. The summed E-state index contributed by atoms with van der Waals surface area (Å²) >= 11 is 6.53. The standard InChI is InChI=1S/C39H35ClN2O/c40-34-20-12-19-33(25-34)36(37-29-42(28-32-17-8-3-9-18-32)38-22-11-10-21-35(37)38)26-39(43)41(27-31-15-6-2-7-16-31)24-23-30-13-4-1-5-14-30/h1-22,25,29,36H,23-24,26-28H2. The smallest absolute Gasteiger partial charge is 0.223 e. The third-order valence-corrected chi connectivity index (χ3v) is 8.34. The van der Waals surface area contributed by atoms with Crippen molar-refractivity contribution in [1.29, 1.82) is 0 Å². The average molecular weight is 583 g/mol. The highest BCUT2D eigenvalue weighted by atomic mass is 35.5. The Bertz CT molecular complexity index is 1780. The second-order valence-corrected chi connectivity index (χ2v) is 11.5. The number of fused-ring (bicyclic) bond motifs is 1. The summed E-state index contributed by atoms with van der Waals surface area (Å²) in [6.07, 6.45) is 3.39. The van der Waals surface area contributed by atoms with Gasteiger partial charge in [-0.3, -0.25) is 4.79 Å². The normalized spacial score (nSPS) is 11.8. The molecule has 0 N–H and O–H groups in total. The van der Waals surface area contributed by atoms with Gasteiger partial charge in [0.1, 0.15) is 0 Å². The predicted molar refractivity (Wildman–Crippen MR) is 177 cm³/mol. The summed E-state index contributed by atoms with van der Waals surface area (Å²) in [6.45, 7) is 1.98. The van der Waals surface area contributed by atoms with E-state index in [4.69, 9.17) is 11.6 Å². The Morgan fingerprint density at radius 3 is 2.02 bits per heavy atom. The molecule has 0 saturated carbocycles. The van der Waals surface area contributed by atoms with Gasteiger partial charge >= 0.3 is 0 Å². The first kappa shape index (κ1) is 28.5. The minimum Gasteiger partial charge on any atom is -0.343 e. The van der Waals surface area contributed by atoms with Gasteiger partial charge in [0, 0.05) is 54.1 Å². The van der Waals surface area contributed by atoms with Gasteiger partial charge in [-0.25, -0.2) is 0 Å². The number of amides is 1. The molecule has 1 amide bonds. The molecular formula is C39H35ClN2O. The predicted octanol–water partition coefficient (Wildman–Crippen LogP) is 9.14. The van der Waals surface area contributed by atoms with Crippen molar-refractivity contribution in [3.63, 3.8) is 0 Å². The number of halogens is 1.